The number of nitrogens with zero attached hydrogens (tertiary/aromatic N) is 2. The lowest BCUT2D eigenvalue weighted by molar-refractivity contribution is 0.858. The van der Waals surface area contributed by atoms with Crippen molar-refractivity contribution in [2.45, 2.75) is 6.92 Å². The zero-order chi connectivity index (χ0) is 6.15. The molecule has 1 aromatic heterocycles. The van der Waals surface area contributed by atoms with Gasteiger partial charge in [0.15, 0.2) is 0 Å². The first-order valence-electron chi connectivity index (χ1n) is 2.66. The topological polar surface area (TPSA) is 17.8 Å². The number of aromatic nitrogens is 2. The lowest BCUT2D eigenvalue weighted by Gasteiger charge is -1.87. The van der Waals surface area contributed by atoms with Gasteiger partial charge in [0.2, 0.25) is 0 Å². The van der Waals surface area contributed by atoms with Gasteiger partial charge in [0, 0.05) is 19.4 Å². The summed E-state index contributed by atoms with van der Waals surface area (Å²) in [5.41, 5.74) is 0. The molecule has 2 nitrogen and oxygen atoms in total. The molecule has 0 amide bonds. The van der Waals surface area contributed by atoms with Gasteiger partial charge in [-0.1, -0.05) is 0 Å². The summed E-state index contributed by atoms with van der Waals surface area (Å²) in [5.74, 6) is 0.884. The van der Waals surface area contributed by atoms with Crippen molar-refractivity contribution in [2.24, 2.45) is 7.05 Å². The van der Waals surface area contributed by atoms with Crippen LogP contribution in [0.3, 0.4) is 0 Å². The second-order valence-electron chi connectivity index (χ2n) is 1.53. The Morgan fingerprint density at radius 2 is 2.71 bits per heavy atom. The van der Waals surface area contributed by atoms with Crippen molar-refractivity contribution < 1.29 is 1.37 Å². The molecule has 0 spiro atoms. The molecule has 0 saturated carbocycles. The molecule has 0 aliphatic rings. The maximum Gasteiger partial charge on any atom is 0.105 e. The molecule has 1 aromatic rings. The molecule has 0 N–H and O–H groups in total. The Labute approximate surface area is 44.2 Å². The monoisotopic (exact) mass is 97.1 g/mol. The quantitative estimate of drug-likeness (QED) is 0.466. The molecule has 1 heterocycles. The van der Waals surface area contributed by atoms with Gasteiger partial charge in [-0.15, -0.1) is 0 Å². The molecular formula is C5H8N2. The van der Waals surface area contributed by atoms with Crippen molar-refractivity contribution in [3.63, 3.8) is 0 Å². The molecule has 0 saturated heterocycles. The van der Waals surface area contributed by atoms with Gasteiger partial charge in [0.1, 0.15) is 5.82 Å². The maximum atomic E-state index is 7.02. The van der Waals surface area contributed by atoms with Gasteiger partial charge in [-0.2, -0.15) is 0 Å². The van der Waals surface area contributed by atoms with Gasteiger partial charge in [0.05, 0.1) is 1.37 Å². The Hall–Kier alpha value is -0.790. The first-order chi connectivity index (χ1) is 3.70. The third kappa shape index (κ3) is 0.633. The summed E-state index contributed by atoms with van der Waals surface area (Å²) in [4.78, 5) is 3.84. The van der Waals surface area contributed by atoms with E-state index in [4.69, 9.17) is 1.37 Å². The normalized spacial score (nSPS) is 11.4. The largest absolute Gasteiger partial charge is 0.338 e. The summed E-state index contributed by atoms with van der Waals surface area (Å²) in [6.45, 7) is 1.87. The van der Waals surface area contributed by atoms with Gasteiger partial charge in [0.25, 0.3) is 0 Å². The van der Waals surface area contributed by atoms with Crippen LogP contribution >= 0.6 is 0 Å². The number of hydrogen-bond donors (Lipinski definition) is 0. The smallest absolute Gasteiger partial charge is 0.105 e. The Balaban J connectivity index is 3.14. The molecule has 0 aliphatic carbocycles. The van der Waals surface area contributed by atoms with Gasteiger partial charge in [-0.3, -0.25) is 0 Å². The van der Waals surface area contributed by atoms with Crippen LogP contribution < -0.4 is 0 Å². The summed E-state index contributed by atoms with van der Waals surface area (Å²) in [5, 5.41) is 0. The Morgan fingerprint density at radius 3 is 2.86 bits per heavy atom. The fourth-order valence-electron chi connectivity index (χ4n) is 0.381. The molecular weight excluding hydrogens is 88.1 g/mol. The molecule has 0 fully saturated rings. The van der Waals surface area contributed by atoms with Crippen molar-refractivity contribution in [2.75, 3.05) is 0 Å². The van der Waals surface area contributed by atoms with E-state index >= 15 is 0 Å². The summed E-state index contributed by atoms with van der Waals surface area (Å²) in [6, 6.07) is 0. The van der Waals surface area contributed by atoms with Crippen LogP contribution in [-0.4, -0.2) is 9.55 Å². The minimum Gasteiger partial charge on any atom is -0.338 e. The second-order valence-corrected chi connectivity index (χ2v) is 1.53. The van der Waals surface area contributed by atoms with Crippen LogP contribution in [0.15, 0.2) is 12.4 Å². The van der Waals surface area contributed by atoms with Crippen LogP contribution in [0.5, 0.6) is 0 Å². The van der Waals surface area contributed by atoms with Crippen LogP contribution in [-0.2, 0) is 7.05 Å². The van der Waals surface area contributed by atoms with E-state index in [1.807, 2.05) is 18.5 Å². The standard InChI is InChI=1S/C5H8N2/c1-5-6-3-4-7(5)2/h3-4H,1-2H3/i3D. The van der Waals surface area contributed by atoms with Gasteiger partial charge < -0.3 is 4.57 Å². The van der Waals surface area contributed by atoms with Gasteiger partial charge in [-0.05, 0) is 6.92 Å². The number of rotatable bonds is 0. The molecule has 0 atom stereocenters. The fourth-order valence-corrected chi connectivity index (χ4v) is 0.381. The van der Waals surface area contributed by atoms with E-state index < -0.39 is 0 Å². The van der Waals surface area contributed by atoms with Crippen LogP contribution in [0.4, 0.5) is 0 Å². The Bertz CT molecular complexity index is 173. The zero-order valence-corrected chi connectivity index (χ0v) is 4.47. The molecule has 0 radical (unpaired) electrons. The number of aryl methyl sites for hydroxylation is 2. The molecule has 2 heteroatoms. The zero-order valence-electron chi connectivity index (χ0n) is 5.47. The van der Waals surface area contributed by atoms with Crippen molar-refractivity contribution in [1.82, 2.24) is 9.55 Å². The first kappa shape index (κ1) is 3.24. The molecule has 0 unspecified atom stereocenters. The predicted molar refractivity (Wildman–Crippen MR) is 27.9 cm³/mol. The molecule has 0 aliphatic heterocycles. The highest BCUT2D eigenvalue weighted by molar-refractivity contribution is 4.85. The molecule has 7 heavy (non-hydrogen) atoms. The van der Waals surface area contributed by atoms with Crippen molar-refractivity contribution in [3.8, 4) is 0 Å². The third-order valence-corrected chi connectivity index (χ3v) is 0.988. The summed E-state index contributed by atoms with van der Waals surface area (Å²) in [6.07, 6.45) is 2.01. The van der Waals surface area contributed by atoms with E-state index in [1.54, 1.807) is 6.20 Å². The SMILES string of the molecule is [2H]c1cn(C)c(C)n1. The maximum absolute atomic E-state index is 7.02. The van der Waals surface area contributed by atoms with E-state index in [-0.39, 0.29) is 0 Å². The van der Waals surface area contributed by atoms with Crippen LogP contribution in [0.25, 0.3) is 0 Å². The van der Waals surface area contributed by atoms with Crippen molar-refractivity contribution >= 4 is 0 Å². The Morgan fingerprint density at radius 1 is 2.00 bits per heavy atom. The van der Waals surface area contributed by atoms with E-state index in [0.717, 1.165) is 5.82 Å². The van der Waals surface area contributed by atoms with E-state index in [2.05, 4.69) is 4.98 Å². The third-order valence-electron chi connectivity index (χ3n) is 0.988. The minimum absolute atomic E-state index is 0.338. The summed E-state index contributed by atoms with van der Waals surface area (Å²) >= 11 is 0. The van der Waals surface area contributed by atoms with Crippen LogP contribution in [0.1, 0.15) is 7.20 Å². The average Bonchev–Trinajstić information content (AvgIpc) is 1.85. The molecule has 0 aromatic carbocycles. The van der Waals surface area contributed by atoms with E-state index in [9.17, 15) is 0 Å². The Kier molecular flexibility index (Phi) is 0.635. The lowest BCUT2D eigenvalue weighted by atomic mass is 10.7. The van der Waals surface area contributed by atoms with Gasteiger partial charge >= 0.3 is 0 Å². The predicted octanol–water partition coefficient (Wildman–Crippen LogP) is 0.729. The highest BCUT2D eigenvalue weighted by Crippen LogP contribution is 1.86. The van der Waals surface area contributed by atoms with Crippen LogP contribution in [0.2, 0.25) is 0 Å². The highest BCUT2D eigenvalue weighted by atomic mass is 15.0. The molecule has 1 rings (SSSR count). The summed E-state index contributed by atoms with van der Waals surface area (Å²) < 4.78 is 8.85. The molecule has 0 bridgehead atoms. The minimum atomic E-state index is 0.338. The van der Waals surface area contributed by atoms with Crippen molar-refractivity contribution in [1.29, 1.82) is 0 Å². The number of hydrogen-bond acceptors (Lipinski definition) is 1. The van der Waals surface area contributed by atoms with Crippen molar-refractivity contribution in [3.05, 3.63) is 18.2 Å². The lowest BCUT2D eigenvalue weighted by Crippen LogP contribution is -1.86. The van der Waals surface area contributed by atoms with E-state index in [1.165, 1.54) is 0 Å². The highest BCUT2D eigenvalue weighted by Gasteiger charge is 1.83. The van der Waals surface area contributed by atoms with E-state index in [0.29, 0.717) is 6.17 Å². The van der Waals surface area contributed by atoms with Gasteiger partial charge in [-0.25, -0.2) is 4.98 Å². The summed E-state index contributed by atoms with van der Waals surface area (Å²) in [7, 11) is 1.88. The average molecular weight is 97.1 g/mol. The second kappa shape index (κ2) is 1.37. The fraction of sp³-hybridized carbons (Fsp3) is 0.400. The first-order valence-corrected chi connectivity index (χ1v) is 2.16. The number of imidazole rings is 1. The molecule has 38 valence electrons. The van der Waals surface area contributed by atoms with Crippen LogP contribution in [0, 0.1) is 6.92 Å².